The van der Waals surface area contributed by atoms with E-state index >= 15 is 0 Å². The summed E-state index contributed by atoms with van der Waals surface area (Å²) < 4.78 is 6.97. The van der Waals surface area contributed by atoms with Gasteiger partial charge in [0.15, 0.2) is 0 Å². The number of hydrogen-bond acceptors (Lipinski definition) is 3. The first-order valence-electron chi connectivity index (χ1n) is 8.79. The van der Waals surface area contributed by atoms with Gasteiger partial charge in [0.1, 0.15) is 12.4 Å². The number of hydrogen-bond donors (Lipinski definition) is 3. The Morgan fingerprint density at radius 3 is 2.52 bits per heavy atom. The van der Waals surface area contributed by atoms with Crippen molar-refractivity contribution < 1.29 is 4.74 Å². The van der Waals surface area contributed by atoms with Gasteiger partial charge in [0, 0.05) is 37.9 Å². The molecule has 0 aliphatic rings. The smallest absolute Gasteiger partial charge is 0.323 e. The maximum atomic E-state index is 11.4. The minimum atomic E-state index is -0.224. The lowest BCUT2D eigenvalue weighted by atomic mass is 10.2. The molecule has 0 amide bonds. The molecule has 0 aliphatic carbocycles. The molecule has 1 heterocycles. The molecule has 0 spiro atoms. The van der Waals surface area contributed by atoms with E-state index in [4.69, 9.17) is 27.9 Å². The molecule has 4 aromatic rings. The van der Waals surface area contributed by atoms with Crippen molar-refractivity contribution in [2.45, 2.75) is 13.2 Å². The Labute approximate surface area is 185 Å². The zero-order valence-electron chi connectivity index (χ0n) is 15.1. The van der Waals surface area contributed by atoms with E-state index in [1.807, 2.05) is 36.4 Å². The number of ether oxygens (including phenoxy) is 1. The van der Waals surface area contributed by atoms with Crippen LogP contribution in [0.15, 0.2) is 63.9 Å². The molecule has 3 N–H and O–H groups in total. The summed E-state index contributed by atoms with van der Waals surface area (Å²) in [5.74, 6) is 0.729. The van der Waals surface area contributed by atoms with E-state index in [1.54, 1.807) is 18.2 Å². The van der Waals surface area contributed by atoms with Crippen molar-refractivity contribution in [3.8, 4) is 5.75 Å². The highest BCUT2D eigenvalue weighted by Crippen LogP contribution is 2.29. The molecule has 0 fully saturated rings. The molecule has 0 saturated heterocycles. The normalized spacial score (nSPS) is 11.0. The summed E-state index contributed by atoms with van der Waals surface area (Å²) in [4.78, 5) is 16.9. The number of aromatic amines is 2. The van der Waals surface area contributed by atoms with Crippen LogP contribution in [0.25, 0.3) is 11.0 Å². The second-order valence-electron chi connectivity index (χ2n) is 6.43. The fourth-order valence-electron chi connectivity index (χ4n) is 2.99. The zero-order chi connectivity index (χ0) is 20.4. The van der Waals surface area contributed by atoms with Gasteiger partial charge < -0.3 is 20.0 Å². The van der Waals surface area contributed by atoms with Gasteiger partial charge in [-0.2, -0.15) is 0 Å². The molecule has 8 heteroatoms. The number of nitrogens with one attached hydrogen (secondary N) is 3. The summed E-state index contributed by atoms with van der Waals surface area (Å²) in [6.45, 7) is 0.800. The Morgan fingerprint density at radius 2 is 1.72 bits per heavy atom. The fourth-order valence-corrected chi connectivity index (χ4v) is 3.90. The number of anilines is 1. The Balaban J connectivity index is 1.52. The number of aromatic nitrogens is 2. The minimum absolute atomic E-state index is 0.224. The summed E-state index contributed by atoms with van der Waals surface area (Å²) in [6.07, 6.45) is 0. The van der Waals surface area contributed by atoms with E-state index in [2.05, 4.69) is 31.2 Å². The lowest BCUT2D eigenvalue weighted by Gasteiger charge is -2.15. The molecule has 0 bridgehead atoms. The second kappa shape index (κ2) is 8.53. The summed E-state index contributed by atoms with van der Waals surface area (Å²) in [5, 5.41) is 4.51. The Bertz CT molecular complexity index is 1220. The van der Waals surface area contributed by atoms with Gasteiger partial charge in [-0.3, -0.25) is 0 Å². The van der Waals surface area contributed by atoms with E-state index in [0.717, 1.165) is 38.1 Å². The largest absolute Gasteiger partial charge is 0.488 e. The Kier molecular flexibility index (Phi) is 5.85. The average molecular weight is 493 g/mol. The van der Waals surface area contributed by atoms with Gasteiger partial charge in [-0.25, -0.2) is 4.79 Å². The second-order valence-corrected chi connectivity index (χ2v) is 8.16. The van der Waals surface area contributed by atoms with E-state index in [1.165, 1.54) is 0 Å². The standard InChI is InChI=1S/C21H16BrCl2N3O2/c22-13-4-7-20(29-11-15-16(23)2-1-3-17(15)24)12(8-13)10-25-14-5-6-18-19(9-14)27-21(28)26-18/h1-9,25H,10-11H2,(H2,26,27,28). The van der Waals surface area contributed by atoms with Gasteiger partial charge in [0.05, 0.1) is 11.0 Å². The Morgan fingerprint density at radius 1 is 0.966 bits per heavy atom. The summed E-state index contributed by atoms with van der Waals surface area (Å²) in [6, 6.07) is 16.8. The van der Waals surface area contributed by atoms with Crippen LogP contribution in [0.1, 0.15) is 11.1 Å². The highest BCUT2D eigenvalue weighted by molar-refractivity contribution is 9.10. The first-order valence-corrected chi connectivity index (χ1v) is 10.3. The molecular formula is C21H16BrCl2N3O2. The number of benzene rings is 3. The molecule has 4 rings (SSSR count). The third kappa shape index (κ3) is 4.61. The van der Waals surface area contributed by atoms with Gasteiger partial charge >= 0.3 is 5.69 Å². The SMILES string of the molecule is O=c1[nH]c2ccc(NCc3cc(Br)ccc3OCc3c(Cl)cccc3Cl)cc2[nH]1. The van der Waals surface area contributed by atoms with Crippen molar-refractivity contribution >= 4 is 55.9 Å². The topological polar surface area (TPSA) is 69.9 Å². The van der Waals surface area contributed by atoms with E-state index in [0.29, 0.717) is 16.6 Å². The summed E-state index contributed by atoms with van der Waals surface area (Å²) in [5.41, 5.74) is 3.89. The van der Waals surface area contributed by atoms with E-state index in [9.17, 15) is 4.79 Å². The van der Waals surface area contributed by atoms with Crippen molar-refractivity contribution in [2.75, 3.05) is 5.32 Å². The van der Waals surface area contributed by atoms with Crippen LogP contribution in [0, 0.1) is 0 Å². The van der Waals surface area contributed by atoms with Crippen LogP contribution in [0.5, 0.6) is 5.75 Å². The number of H-pyrrole nitrogens is 2. The van der Waals surface area contributed by atoms with Crippen molar-refractivity contribution in [3.63, 3.8) is 0 Å². The molecule has 29 heavy (non-hydrogen) atoms. The van der Waals surface area contributed by atoms with Gasteiger partial charge in [-0.05, 0) is 48.5 Å². The molecule has 0 atom stereocenters. The third-order valence-corrected chi connectivity index (χ3v) is 5.66. The molecule has 3 aromatic carbocycles. The van der Waals surface area contributed by atoms with Crippen LogP contribution in [0.3, 0.4) is 0 Å². The third-order valence-electron chi connectivity index (χ3n) is 4.46. The van der Waals surface area contributed by atoms with Crippen LogP contribution in [0.2, 0.25) is 10.0 Å². The van der Waals surface area contributed by atoms with Crippen LogP contribution < -0.4 is 15.7 Å². The van der Waals surface area contributed by atoms with Gasteiger partial charge in [-0.15, -0.1) is 0 Å². The monoisotopic (exact) mass is 491 g/mol. The van der Waals surface area contributed by atoms with Crippen LogP contribution in [-0.4, -0.2) is 9.97 Å². The van der Waals surface area contributed by atoms with Crippen LogP contribution in [0.4, 0.5) is 5.69 Å². The molecule has 5 nitrogen and oxygen atoms in total. The highest BCUT2D eigenvalue weighted by Gasteiger charge is 2.10. The minimum Gasteiger partial charge on any atom is -0.488 e. The number of rotatable bonds is 6. The van der Waals surface area contributed by atoms with Gasteiger partial charge in [0.25, 0.3) is 0 Å². The predicted octanol–water partition coefficient (Wildman–Crippen LogP) is 6.12. The van der Waals surface area contributed by atoms with Crippen molar-refractivity contribution in [3.05, 3.63) is 90.7 Å². The maximum absolute atomic E-state index is 11.4. The molecule has 0 radical (unpaired) electrons. The number of imidazole rings is 1. The molecule has 1 aromatic heterocycles. The van der Waals surface area contributed by atoms with Crippen molar-refractivity contribution in [1.82, 2.24) is 9.97 Å². The summed E-state index contributed by atoms with van der Waals surface area (Å²) >= 11 is 16.0. The van der Waals surface area contributed by atoms with Gasteiger partial charge in [-0.1, -0.05) is 45.2 Å². The summed E-state index contributed by atoms with van der Waals surface area (Å²) in [7, 11) is 0. The number of fused-ring (bicyclic) bond motifs is 1. The fraction of sp³-hybridized carbons (Fsp3) is 0.0952. The van der Waals surface area contributed by atoms with Gasteiger partial charge in [0.2, 0.25) is 0 Å². The molecule has 148 valence electrons. The van der Waals surface area contributed by atoms with Crippen LogP contribution >= 0.6 is 39.1 Å². The molecule has 0 aliphatic heterocycles. The van der Waals surface area contributed by atoms with E-state index < -0.39 is 0 Å². The van der Waals surface area contributed by atoms with E-state index in [-0.39, 0.29) is 12.3 Å². The number of halogens is 3. The van der Waals surface area contributed by atoms with Crippen molar-refractivity contribution in [2.24, 2.45) is 0 Å². The first kappa shape index (κ1) is 19.9. The first-order chi connectivity index (χ1) is 14.0. The molecule has 0 unspecified atom stereocenters. The molecular weight excluding hydrogens is 477 g/mol. The predicted molar refractivity (Wildman–Crippen MR) is 121 cm³/mol. The average Bonchev–Trinajstić information content (AvgIpc) is 3.06. The van der Waals surface area contributed by atoms with Crippen LogP contribution in [-0.2, 0) is 13.2 Å². The lowest BCUT2D eigenvalue weighted by molar-refractivity contribution is 0.303. The zero-order valence-corrected chi connectivity index (χ0v) is 18.2. The maximum Gasteiger partial charge on any atom is 0.323 e. The molecule has 0 saturated carbocycles. The van der Waals surface area contributed by atoms with Crippen molar-refractivity contribution in [1.29, 1.82) is 0 Å². The lowest BCUT2D eigenvalue weighted by Crippen LogP contribution is -2.04. The highest BCUT2D eigenvalue weighted by atomic mass is 79.9. The quantitative estimate of drug-likeness (QED) is 0.304. The Hall–Kier alpha value is -2.41.